The molecular formula is C22H36N6. The van der Waals surface area contributed by atoms with Gasteiger partial charge >= 0.3 is 0 Å². The summed E-state index contributed by atoms with van der Waals surface area (Å²) in [6, 6.07) is 0.520. The van der Waals surface area contributed by atoms with Crippen molar-refractivity contribution in [3.8, 4) is 0 Å². The van der Waals surface area contributed by atoms with Crippen LogP contribution in [0.5, 0.6) is 0 Å². The van der Waals surface area contributed by atoms with Crippen LogP contribution in [0.3, 0.4) is 0 Å². The van der Waals surface area contributed by atoms with Crippen LogP contribution in [0.2, 0.25) is 0 Å². The predicted octanol–water partition coefficient (Wildman–Crippen LogP) is 4.04. The van der Waals surface area contributed by atoms with Crippen molar-refractivity contribution in [2.75, 3.05) is 13.2 Å². The lowest BCUT2D eigenvalue weighted by atomic mass is 9.95. The molecule has 0 aromatic carbocycles. The van der Waals surface area contributed by atoms with Gasteiger partial charge in [-0.3, -0.25) is 4.99 Å². The molecular weight excluding hydrogens is 348 g/mol. The Balaban J connectivity index is 2.20. The van der Waals surface area contributed by atoms with Crippen LogP contribution in [-0.2, 0) is 0 Å². The van der Waals surface area contributed by atoms with E-state index in [0.717, 1.165) is 54.2 Å². The lowest BCUT2D eigenvalue weighted by Crippen LogP contribution is -2.34. The van der Waals surface area contributed by atoms with E-state index in [2.05, 4.69) is 41.2 Å². The Morgan fingerprint density at radius 2 is 1.93 bits per heavy atom. The van der Waals surface area contributed by atoms with Gasteiger partial charge in [0.15, 0.2) is 0 Å². The highest BCUT2D eigenvalue weighted by molar-refractivity contribution is 6.02. The number of allylic oxidation sites excluding steroid dienone is 2. The quantitative estimate of drug-likeness (QED) is 0.426. The highest BCUT2D eigenvalue weighted by atomic mass is 15.1. The number of hydrogen-bond acceptors (Lipinski definition) is 6. The number of hydrogen-bond donors (Lipinski definition) is 4. The maximum Gasteiger partial charge on any atom is 0.132 e. The van der Waals surface area contributed by atoms with Crippen molar-refractivity contribution in [1.82, 2.24) is 16.0 Å². The highest BCUT2D eigenvalue weighted by Crippen LogP contribution is 2.19. The zero-order valence-electron chi connectivity index (χ0n) is 17.5. The molecule has 0 aromatic rings. The van der Waals surface area contributed by atoms with Crippen molar-refractivity contribution in [2.24, 2.45) is 9.98 Å². The molecule has 0 spiro atoms. The molecule has 6 heteroatoms. The fraction of sp³-hybridized carbons (Fsp3) is 0.591. The Bertz CT molecular complexity index is 665. The van der Waals surface area contributed by atoms with Gasteiger partial charge in [-0.1, -0.05) is 25.8 Å². The summed E-state index contributed by atoms with van der Waals surface area (Å²) in [6.07, 6.45) is 10.8. The second-order valence-electron chi connectivity index (χ2n) is 7.69. The number of amidine groups is 1. The van der Waals surface area contributed by atoms with Crippen LogP contribution >= 0.6 is 0 Å². The fourth-order valence-corrected chi connectivity index (χ4v) is 3.75. The second-order valence-corrected chi connectivity index (χ2v) is 7.69. The van der Waals surface area contributed by atoms with Crippen LogP contribution in [0.15, 0.2) is 45.3 Å². The average molecular weight is 385 g/mol. The van der Waals surface area contributed by atoms with Gasteiger partial charge in [-0.25, -0.2) is 4.99 Å². The fourth-order valence-electron chi connectivity index (χ4n) is 3.75. The summed E-state index contributed by atoms with van der Waals surface area (Å²) in [6.45, 7) is 12.8. The largest absolute Gasteiger partial charge is 0.384 e. The molecule has 0 saturated heterocycles. The first-order valence-electron chi connectivity index (χ1n) is 10.4. The maximum atomic E-state index is 8.56. The Hall–Kier alpha value is -2.37. The van der Waals surface area contributed by atoms with Crippen molar-refractivity contribution in [2.45, 2.75) is 71.3 Å². The molecule has 2 aliphatic rings. The van der Waals surface area contributed by atoms with Crippen LogP contribution in [-0.4, -0.2) is 37.5 Å². The Morgan fingerprint density at radius 3 is 2.61 bits per heavy atom. The number of rotatable bonds is 5. The molecule has 0 radical (unpaired) electrons. The molecule has 1 aliphatic carbocycles. The van der Waals surface area contributed by atoms with E-state index >= 15 is 0 Å². The van der Waals surface area contributed by atoms with E-state index in [9.17, 15) is 0 Å². The average Bonchev–Trinajstić information content (AvgIpc) is 2.71. The van der Waals surface area contributed by atoms with E-state index in [1.54, 1.807) is 6.20 Å². The van der Waals surface area contributed by atoms with Gasteiger partial charge in [0, 0.05) is 30.1 Å². The summed E-state index contributed by atoms with van der Waals surface area (Å²) in [5.74, 6) is 0.776. The van der Waals surface area contributed by atoms with Crippen LogP contribution in [0, 0.1) is 5.41 Å². The van der Waals surface area contributed by atoms with Crippen LogP contribution in [0.25, 0.3) is 0 Å². The molecule has 1 aliphatic heterocycles. The normalized spacial score (nSPS) is 24.0. The van der Waals surface area contributed by atoms with E-state index < -0.39 is 0 Å². The topological polar surface area (TPSA) is 84.7 Å². The summed E-state index contributed by atoms with van der Waals surface area (Å²) in [5.41, 5.74) is 4.37. The first-order valence-corrected chi connectivity index (χ1v) is 10.4. The lowest BCUT2D eigenvalue weighted by molar-refractivity contribution is 0.395. The molecule has 4 N–H and O–H groups in total. The van der Waals surface area contributed by atoms with Gasteiger partial charge < -0.3 is 21.4 Å². The molecule has 1 heterocycles. The van der Waals surface area contributed by atoms with Crippen molar-refractivity contribution >= 4 is 18.3 Å². The summed E-state index contributed by atoms with van der Waals surface area (Å²) < 4.78 is 0. The number of nitrogens with one attached hydrogen (secondary N) is 4. The van der Waals surface area contributed by atoms with Gasteiger partial charge in [0.2, 0.25) is 0 Å². The monoisotopic (exact) mass is 384 g/mol. The number of aliphatic imine (C=N–C) groups is 2. The molecule has 1 fully saturated rings. The lowest BCUT2D eigenvalue weighted by Gasteiger charge is -2.26. The van der Waals surface area contributed by atoms with E-state index in [1.807, 2.05) is 6.92 Å². The standard InChI is InChI=1S/C22H36N6/c1-16(2)19(14-24-4)22-25-13-9-8-12-20(23)21(26-15-27-22)17(3)28-18-10-6-5-7-11-18/h14,18,23,26,28H,1,4-13,15H2,2-3H3,(H,25,27)/b19-14-,21-17+,23-20?. The third kappa shape index (κ3) is 6.66. The molecule has 1 saturated carbocycles. The minimum absolute atomic E-state index is 0.394. The van der Waals surface area contributed by atoms with Gasteiger partial charge in [-0.2, -0.15) is 0 Å². The smallest absolute Gasteiger partial charge is 0.132 e. The predicted molar refractivity (Wildman–Crippen MR) is 120 cm³/mol. The molecule has 0 aromatic heterocycles. The van der Waals surface area contributed by atoms with Gasteiger partial charge in [-0.05, 0) is 58.2 Å². The minimum Gasteiger partial charge on any atom is -0.384 e. The third-order valence-electron chi connectivity index (χ3n) is 5.28. The van der Waals surface area contributed by atoms with Gasteiger partial charge in [0.25, 0.3) is 0 Å². The molecule has 0 atom stereocenters. The molecule has 154 valence electrons. The Labute approximate surface area is 169 Å². The first-order chi connectivity index (χ1) is 13.5. The van der Waals surface area contributed by atoms with E-state index in [0.29, 0.717) is 18.4 Å². The molecule has 0 amide bonds. The van der Waals surface area contributed by atoms with Crippen molar-refractivity contribution in [3.05, 3.63) is 35.3 Å². The zero-order chi connectivity index (χ0) is 20.4. The van der Waals surface area contributed by atoms with Gasteiger partial charge in [0.05, 0.1) is 11.4 Å². The first kappa shape index (κ1) is 21.9. The Morgan fingerprint density at radius 1 is 1.18 bits per heavy atom. The van der Waals surface area contributed by atoms with E-state index in [-0.39, 0.29) is 0 Å². The second kappa shape index (κ2) is 11.5. The van der Waals surface area contributed by atoms with E-state index in [1.165, 1.54) is 32.1 Å². The van der Waals surface area contributed by atoms with Gasteiger partial charge in [-0.15, -0.1) is 0 Å². The summed E-state index contributed by atoms with van der Waals surface area (Å²) in [7, 11) is 0. The maximum absolute atomic E-state index is 8.56. The SMILES string of the molecule is C=N/C=C(C(=C)C)\C1=N/CN/C(=C(\C)NC2CCCCC2)C(=N)CCCCN1. The van der Waals surface area contributed by atoms with Crippen molar-refractivity contribution in [3.63, 3.8) is 0 Å². The molecule has 6 nitrogen and oxygen atoms in total. The van der Waals surface area contributed by atoms with Gasteiger partial charge in [0.1, 0.15) is 12.5 Å². The van der Waals surface area contributed by atoms with Crippen LogP contribution < -0.4 is 16.0 Å². The van der Waals surface area contributed by atoms with E-state index in [4.69, 9.17) is 10.4 Å². The molecule has 0 bridgehead atoms. The summed E-state index contributed by atoms with van der Waals surface area (Å²) >= 11 is 0. The highest BCUT2D eigenvalue weighted by Gasteiger charge is 2.17. The van der Waals surface area contributed by atoms with Crippen LogP contribution in [0.4, 0.5) is 0 Å². The molecule has 0 unspecified atom stereocenters. The van der Waals surface area contributed by atoms with Crippen molar-refractivity contribution < 1.29 is 0 Å². The minimum atomic E-state index is 0.394. The van der Waals surface area contributed by atoms with Crippen molar-refractivity contribution in [1.29, 1.82) is 5.41 Å². The summed E-state index contributed by atoms with van der Waals surface area (Å²) in [5, 5.41) is 19.0. The number of nitrogens with zero attached hydrogens (tertiary/aromatic N) is 2. The Kier molecular flexibility index (Phi) is 8.98. The third-order valence-corrected chi connectivity index (χ3v) is 5.28. The van der Waals surface area contributed by atoms with Crippen LogP contribution in [0.1, 0.15) is 65.2 Å². The molecule has 2 rings (SSSR count). The molecule has 28 heavy (non-hydrogen) atoms. The zero-order valence-corrected chi connectivity index (χ0v) is 17.5. The summed E-state index contributed by atoms with van der Waals surface area (Å²) in [4.78, 5) is 8.60.